The number of fused-ring (bicyclic) bond motifs is 1. The van der Waals surface area contributed by atoms with Crippen molar-refractivity contribution >= 4 is 16.7 Å². The maximum absolute atomic E-state index is 12.5. The van der Waals surface area contributed by atoms with E-state index in [1.165, 1.54) is 11.1 Å². The molecular formula is C20H20NO+. The Labute approximate surface area is 131 Å². The van der Waals surface area contributed by atoms with Gasteiger partial charge in [0.2, 0.25) is 17.8 Å². The second-order valence-electron chi connectivity index (χ2n) is 5.67. The molecule has 0 amide bonds. The smallest absolute Gasteiger partial charge is 0.227 e. The molecule has 0 fully saturated rings. The van der Waals surface area contributed by atoms with Crippen molar-refractivity contribution in [2.75, 3.05) is 0 Å². The first kappa shape index (κ1) is 14.5. The summed E-state index contributed by atoms with van der Waals surface area (Å²) in [5.74, 6) is 0.140. The van der Waals surface area contributed by atoms with E-state index in [0.717, 1.165) is 22.9 Å². The minimum absolute atomic E-state index is 0.140. The van der Waals surface area contributed by atoms with Gasteiger partial charge < -0.3 is 0 Å². The van der Waals surface area contributed by atoms with Crippen LogP contribution in [0.15, 0.2) is 60.8 Å². The molecule has 2 nitrogen and oxygen atoms in total. The Morgan fingerprint density at radius 3 is 2.55 bits per heavy atom. The van der Waals surface area contributed by atoms with Crippen LogP contribution in [0, 0.1) is 6.92 Å². The number of benzene rings is 2. The average Bonchev–Trinajstić information content (AvgIpc) is 2.55. The first-order valence-electron chi connectivity index (χ1n) is 7.68. The van der Waals surface area contributed by atoms with Crippen molar-refractivity contribution in [2.45, 2.75) is 26.8 Å². The molecule has 0 aliphatic rings. The van der Waals surface area contributed by atoms with Crippen molar-refractivity contribution in [1.82, 2.24) is 0 Å². The molecule has 0 unspecified atom stereocenters. The summed E-state index contributed by atoms with van der Waals surface area (Å²) in [7, 11) is 0. The van der Waals surface area contributed by atoms with E-state index < -0.39 is 0 Å². The Kier molecular flexibility index (Phi) is 4.01. The van der Waals surface area contributed by atoms with Crippen molar-refractivity contribution in [3.63, 3.8) is 0 Å². The van der Waals surface area contributed by atoms with Gasteiger partial charge in [-0.15, -0.1) is 0 Å². The minimum atomic E-state index is 0.140. The van der Waals surface area contributed by atoms with E-state index in [0.29, 0.717) is 6.54 Å². The van der Waals surface area contributed by atoms with E-state index in [4.69, 9.17) is 0 Å². The van der Waals surface area contributed by atoms with Crippen LogP contribution in [0.3, 0.4) is 0 Å². The number of hydrogen-bond donors (Lipinski definition) is 0. The number of ketones is 1. The number of pyridine rings is 1. The van der Waals surface area contributed by atoms with Gasteiger partial charge in [-0.3, -0.25) is 4.79 Å². The second-order valence-corrected chi connectivity index (χ2v) is 5.67. The van der Waals surface area contributed by atoms with E-state index in [-0.39, 0.29) is 5.78 Å². The lowest BCUT2D eigenvalue weighted by Crippen LogP contribution is -2.38. The van der Waals surface area contributed by atoms with Crippen LogP contribution in [0.4, 0.5) is 0 Å². The summed E-state index contributed by atoms with van der Waals surface area (Å²) in [4.78, 5) is 12.5. The zero-order valence-corrected chi connectivity index (χ0v) is 13.0. The molecule has 22 heavy (non-hydrogen) atoms. The Morgan fingerprint density at radius 1 is 1.05 bits per heavy atom. The van der Waals surface area contributed by atoms with Gasteiger partial charge in [0.15, 0.2) is 6.20 Å². The van der Waals surface area contributed by atoms with Crippen LogP contribution in [0.5, 0.6) is 0 Å². The van der Waals surface area contributed by atoms with Gasteiger partial charge in [0, 0.05) is 23.1 Å². The van der Waals surface area contributed by atoms with Gasteiger partial charge in [-0.1, -0.05) is 42.8 Å². The molecule has 3 aromatic rings. The molecule has 0 N–H and O–H groups in total. The third kappa shape index (κ3) is 2.91. The fraction of sp³-hybridized carbons (Fsp3) is 0.200. The van der Waals surface area contributed by atoms with Gasteiger partial charge in [0.25, 0.3) is 0 Å². The molecule has 2 heteroatoms. The molecule has 0 spiro atoms. The molecule has 0 atom stereocenters. The molecule has 0 bridgehead atoms. The quantitative estimate of drug-likeness (QED) is 0.527. The average molecular weight is 290 g/mol. The summed E-state index contributed by atoms with van der Waals surface area (Å²) in [5.41, 5.74) is 4.34. The molecule has 0 saturated carbocycles. The van der Waals surface area contributed by atoms with Crippen LogP contribution < -0.4 is 4.57 Å². The zero-order chi connectivity index (χ0) is 15.5. The van der Waals surface area contributed by atoms with E-state index >= 15 is 0 Å². The van der Waals surface area contributed by atoms with Crippen LogP contribution in [-0.4, -0.2) is 5.78 Å². The first-order valence-corrected chi connectivity index (χ1v) is 7.68. The fourth-order valence-electron chi connectivity index (χ4n) is 2.71. The topological polar surface area (TPSA) is 20.9 Å². The van der Waals surface area contributed by atoms with Crippen molar-refractivity contribution < 1.29 is 9.36 Å². The number of aryl methyl sites for hydroxylation is 2. The molecular weight excluding hydrogens is 270 g/mol. The third-order valence-electron chi connectivity index (χ3n) is 4.03. The number of Topliss-reactive ketones (excluding diaryl/α,β-unsaturated/α-hetero) is 1. The lowest BCUT2D eigenvalue weighted by Gasteiger charge is -2.03. The van der Waals surface area contributed by atoms with Gasteiger partial charge in [-0.25, -0.2) is 0 Å². The lowest BCUT2D eigenvalue weighted by molar-refractivity contribution is -0.657. The standard InChI is InChI=1S/C20H20NO/c1-3-16-7-9-17(10-8-16)20(22)14-21-12-4-5-18-13-15(2)6-11-19(18)21/h4-13H,3,14H2,1-2H3/q+1. The van der Waals surface area contributed by atoms with E-state index in [9.17, 15) is 4.79 Å². The number of rotatable bonds is 4. The Balaban J connectivity index is 1.90. The van der Waals surface area contributed by atoms with Crippen LogP contribution in [0.1, 0.15) is 28.4 Å². The summed E-state index contributed by atoms with van der Waals surface area (Å²) in [5, 5.41) is 1.16. The van der Waals surface area contributed by atoms with Crippen molar-refractivity contribution in [1.29, 1.82) is 0 Å². The number of carbonyl (C=O) groups excluding carboxylic acids is 1. The van der Waals surface area contributed by atoms with Crippen LogP contribution in [0.2, 0.25) is 0 Å². The summed E-state index contributed by atoms with van der Waals surface area (Å²) < 4.78 is 2.02. The fourth-order valence-corrected chi connectivity index (χ4v) is 2.71. The number of nitrogens with zero attached hydrogens (tertiary/aromatic N) is 1. The molecule has 110 valence electrons. The van der Waals surface area contributed by atoms with Gasteiger partial charge in [-0.05, 0) is 31.0 Å². The molecule has 0 saturated heterocycles. The predicted molar refractivity (Wildman–Crippen MR) is 89.0 cm³/mol. The molecule has 1 heterocycles. The maximum atomic E-state index is 12.5. The van der Waals surface area contributed by atoms with Crippen LogP contribution in [-0.2, 0) is 13.0 Å². The Hall–Kier alpha value is -2.48. The number of carbonyl (C=O) groups is 1. The largest absolute Gasteiger partial charge is 0.287 e. The van der Waals surface area contributed by atoms with E-state index in [1.807, 2.05) is 41.1 Å². The highest BCUT2D eigenvalue weighted by atomic mass is 16.1. The van der Waals surface area contributed by atoms with Gasteiger partial charge >= 0.3 is 0 Å². The highest BCUT2D eigenvalue weighted by molar-refractivity contribution is 5.95. The summed E-state index contributed by atoms with van der Waals surface area (Å²) in [6.07, 6.45) is 2.96. The summed E-state index contributed by atoms with van der Waals surface area (Å²) in [6.45, 7) is 4.56. The molecule has 0 radical (unpaired) electrons. The van der Waals surface area contributed by atoms with Crippen molar-refractivity contribution in [3.8, 4) is 0 Å². The van der Waals surface area contributed by atoms with E-state index in [2.05, 4.69) is 38.1 Å². The molecule has 3 rings (SSSR count). The van der Waals surface area contributed by atoms with Gasteiger partial charge in [0.05, 0.1) is 0 Å². The predicted octanol–water partition coefficient (Wildman–Crippen LogP) is 3.88. The SMILES string of the molecule is CCc1ccc(C(=O)C[n+]2cccc3cc(C)ccc32)cc1. The van der Waals surface area contributed by atoms with Gasteiger partial charge in [-0.2, -0.15) is 4.57 Å². The molecule has 0 aliphatic heterocycles. The van der Waals surface area contributed by atoms with Gasteiger partial charge in [0.1, 0.15) is 0 Å². The maximum Gasteiger partial charge on any atom is 0.227 e. The third-order valence-corrected chi connectivity index (χ3v) is 4.03. The highest BCUT2D eigenvalue weighted by Gasteiger charge is 2.15. The Bertz CT molecular complexity index is 819. The minimum Gasteiger partial charge on any atom is -0.287 e. The van der Waals surface area contributed by atoms with Crippen molar-refractivity contribution in [2.24, 2.45) is 0 Å². The number of hydrogen-bond acceptors (Lipinski definition) is 1. The molecule has 1 aromatic heterocycles. The summed E-state index contributed by atoms with van der Waals surface area (Å²) >= 11 is 0. The highest BCUT2D eigenvalue weighted by Crippen LogP contribution is 2.12. The molecule has 2 aromatic carbocycles. The normalized spacial score (nSPS) is 10.8. The Morgan fingerprint density at radius 2 is 1.82 bits per heavy atom. The monoisotopic (exact) mass is 290 g/mol. The zero-order valence-electron chi connectivity index (χ0n) is 13.0. The first-order chi connectivity index (χ1) is 10.7. The van der Waals surface area contributed by atoms with Crippen LogP contribution >= 0.6 is 0 Å². The second kappa shape index (κ2) is 6.10. The van der Waals surface area contributed by atoms with E-state index in [1.54, 1.807) is 0 Å². The van der Waals surface area contributed by atoms with Crippen LogP contribution in [0.25, 0.3) is 10.9 Å². The lowest BCUT2D eigenvalue weighted by atomic mass is 10.1. The van der Waals surface area contributed by atoms with Crippen molar-refractivity contribution in [3.05, 3.63) is 77.5 Å². The molecule has 0 aliphatic carbocycles. The number of aromatic nitrogens is 1. The summed E-state index contributed by atoms with van der Waals surface area (Å²) in [6, 6.07) is 18.3.